The topological polar surface area (TPSA) is 44.4 Å². The first-order chi connectivity index (χ1) is 8.70. The van der Waals surface area contributed by atoms with Gasteiger partial charge in [-0.3, -0.25) is 0 Å². The van der Waals surface area contributed by atoms with Gasteiger partial charge >= 0.3 is 6.03 Å². The third-order valence-corrected chi connectivity index (χ3v) is 3.56. The number of hydrogen-bond acceptors (Lipinski definition) is 2. The molecule has 1 fully saturated rings. The average Bonchev–Trinajstić information content (AvgIpc) is 2.41. The van der Waals surface area contributed by atoms with E-state index in [1.165, 1.54) is 0 Å². The van der Waals surface area contributed by atoms with E-state index < -0.39 is 0 Å². The smallest absolute Gasteiger partial charge is 0.321 e. The molecule has 0 aliphatic carbocycles. The molecule has 1 aliphatic rings. The van der Waals surface area contributed by atoms with E-state index in [1.54, 1.807) is 12.1 Å². The summed E-state index contributed by atoms with van der Waals surface area (Å²) in [7, 11) is 1.93. The zero-order chi connectivity index (χ0) is 13.0. The fourth-order valence-corrected chi connectivity index (χ4v) is 2.34. The van der Waals surface area contributed by atoms with E-state index in [1.807, 2.05) is 24.1 Å². The van der Waals surface area contributed by atoms with Crippen LogP contribution in [-0.2, 0) is 0 Å². The summed E-state index contributed by atoms with van der Waals surface area (Å²) in [4.78, 5) is 13.9. The van der Waals surface area contributed by atoms with Crippen LogP contribution >= 0.6 is 24.0 Å². The van der Waals surface area contributed by atoms with Crippen molar-refractivity contribution in [1.82, 2.24) is 10.2 Å². The minimum Gasteiger partial charge on any atom is -0.323 e. The van der Waals surface area contributed by atoms with Gasteiger partial charge in [0.15, 0.2) is 0 Å². The van der Waals surface area contributed by atoms with E-state index in [0.717, 1.165) is 25.9 Å². The number of rotatable bonds is 2. The van der Waals surface area contributed by atoms with Gasteiger partial charge < -0.3 is 15.5 Å². The van der Waals surface area contributed by atoms with Gasteiger partial charge in [0.05, 0.1) is 10.7 Å². The molecule has 19 heavy (non-hydrogen) atoms. The lowest BCUT2D eigenvalue weighted by Gasteiger charge is -2.32. The Kier molecular flexibility index (Phi) is 6.42. The van der Waals surface area contributed by atoms with Gasteiger partial charge in [0.25, 0.3) is 0 Å². The molecule has 0 unspecified atom stereocenters. The van der Waals surface area contributed by atoms with Gasteiger partial charge in [-0.1, -0.05) is 23.7 Å². The minimum absolute atomic E-state index is 0. The highest BCUT2D eigenvalue weighted by Crippen LogP contribution is 2.21. The fourth-order valence-electron chi connectivity index (χ4n) is 2.15. The number of piperidine rings is 1. The highest BCUT2D eigenvalue weighted by atomic mass is 35.5. The standard InChI is InChI=1S/C13H18ClN3O.ClH/c1-15-10-5-4-8-17(9-10)13(18)16-12-7-3-2-6-11(12)14;/h2-3,6-7,10,15H,4-5,8-9H2,1H3,(H,16,18);1H/t10-;/m0./s1. The highest BCUT2D eigenvalue weighted by molar-refractivity contribution is 6.33. The number of nitrogens with one attached hydrogen (secondary N) is 2. The van der Waals surface area contributed by atoms with Gasteiger partial charge in [0, 0.05) is 19.1 Å². The van der Waals surface area contributed by atoms with Crippen molar-refractivity contribution in [3.63, 3.8) is 0 Å². The Labute approximate surface area is 124 Å². The van der Waals surface area contributed by atoms with E-state index in [-0.39, 0.29) is 18.4 Å². The van der Waals surface area contributed by atoms with Crippen molar-refractivity contribution in [2.75, 3.05) is 25.5 Å². The van der Waals surface area contributed by atoms with Crippen LogP contribution in [0.25, 0.3) is 0 Å². The van der Waals surface area contributed by atoms with E-state index >= 15 is 0 Å². The third kappa shape index (κ3) is 4.27. The summed E-state index contributed by atoms with van der Waals surface area (Å²) in [5.74, 6) is 0. The Morgan fingerprint density at radius 3 is 2.84 bits per heavy atom. The molecule has 6 heteroatoms. The van der Waals surface area contributed by atoms with Crippen molar-refractivity contribution in [2.45, 2.75) is 18.9 Å². The van der Waals surface area contributed by atoms with Crippen LogP contribution in [0.5, 0.6) is 0 Å². The first kappa shape index (κ1) is 16.1. The molecule has 1 aromatic rings. The number of carbonyl (C=O) groups excluding carboxylic acids is 1. The maximum absolute atomic E-state index is 12.1. The Balaban J connectivity index is 0.00000180. The number of hydrogen-bond donors (Lipinski definition) is 2. The molecular formula is C13H19Cl2N3O. The van der Waals surface area contributed by atoms with E-state index in [2.05, 4.69) is 10.6 Å². The number of likely N-dealkylation sites (tertiary alicyclic amines) is 1. The first-order valence-corrected chi connectivity index (χ1v) is 6.56. The quantitative estimate of drug-likeness (QED) is 0.882. The third-order valence-electron chi connectivity index (χ3n) is 3.23. The normalized spacial score (nSPS) is 18.6. The summed E-state index contributed by atoms with van der Waals surface area (Å²) >= 11 is 6.02. The molecule has 0 spiro atoms. The average molecular weight is 304 g/mol. The van der Waals surface area contributed by atoms with Gasteiger partial charge in [-0.2, -0.15) is 0 Å². The highest BCUT2D eigenvalue weighted by Gasteiger charge is 2.22. The second-order valence-corrected chi connectivity index (χ2v) is 4.89. The molecule has 1 saturated heterocycles. The van der Waals surface area contributed by atoms with Crippen molar-refractivity contribution >= 4 is 35.7 Å². The van der Waals surface area contributed by atoms with Crippen LogP contribution in [0, 0.1) is 0 Å². The zero-order valence-corrected chi connectivity index (χ0v) is 12.4. The van der Waals surface area contributed by atoms with Gasteiger partial charge in [-0.25, -0.2) is 4.79 Å². The maximum Gasteiger partial charge on any atom is 0.321 e. The van der Waals surface area contributed by atoms with Gasteiger partial charge in [-0.05, 0) is 32.0 Å². The van der Waals surface area contributed by atoms with Crippen LogP contribution in [-0.4, -0.2) is 37.1 Å². The van der Waals surface area contributed by atoms with Crippen LogP contribution < -0.4 is 10.6 Å². The molecule has 106 valence electrons. The molecule has 1 aliphatic heterocycles. The number of halogens is 2. The second kappa shape index (κ2) is 7.58. The van der Waals surface area contributed by atoms with Crippen LogP contribution in [0.15, 0.2) is 24.3 Å². The lowest BCUT2D eigenvalue weighted by atomic mass is 10.1. The lowest BCUT2D eigenvalue weighted by Crippen LogP contribution is -2.48. The molecule has 2 amide bonds. The summed E-state index contributed by atoms with van der Waals surface area (Å²) in [6, 6.07) is 7.58. The maximum atomic E-state index is 12.1. The van der Waals surface area contributed by atoms with E-state index in [9.17, 15) is 4.79 Å². The first-order valence-electron chi connectivity index (χ1n) is 6.18. The SMILES string of the molecule is CN[C@H]1CCCN(C(=O)Nc2ccccc2Cl)C1.Cl. The van der Waals surface area contributed by atoms with Crippen molar-refractivity contribution in [3.8, 4) is 0 Å². The Morgan fingerprint density at radius 2 is 2.16 bits per heavy atom. The molecule has 2 rings (SSSR count). The number of urea groups is 1. The van der Waals surface area contributed by atoms with Gasteiger partial charge in [0.1, 0.15) is 0 Å². The molecule has 0 radical (unpaired) electrons. The van der Waals surface area contributed by atoms with Crippen LogP contribution in [0.4, 0.5) is 10.5 Å². The number of nitrogens with zero attached hydrogens (tertiary/aromatic N) is 1. The molecule has 0 aromatic heterocycles. The predicted octanol–water partition coefficient (Wildman–Crippen LogP) is 2.98. The zero-order valence-electron chi connectivity index (χ0n) is 10.9. The van der Waals surface area contributed by atoms with Crippen LogP contribution in [0.1, 0.15) is 12.8 Å². The molecule has 4 nitrogen and oxygen atoms in total. The number of amides is 2. The molecule has 1 aromatic carbocycles. The predicted molar refractivity (Wildman–Crippen MR) is 81.4 cm³/mol. The van der Waals surface area contributed by atoms with E-state index in [0.29, 0.717) is 16.8 Å². The monoisotopic (exact) mass is 303 g/mol. The molecule has 1 atom stereocenters. The van der Waals surface area contributed by atoms with Gasteiger partial charge in [-0.15, -0.1) is 12.4 Å². The summed E-state index contributed by atoms with van der Waals surface area (Å²) in [5, 5.41) is 6.63. The molecular weight excluding hydrogens is 285 g/mol. The number of para-hydroxylation sites is 1. The summed E-state index contributed by atoms with van der Waals surface area (Å²) in [5.41, 5.74) is 0.663. The number of anilines is 1. The molecule has 0 bridgehead atoms. The Hall–Kier alpha value is -0.970. The molecule has 1 heterocycles. The summed E-state index contributed by atoms with van der Waals surface area (Å²) in [6.07, 6.45) is 2.15. The van der Waals surface area contributed by atoms with Crippen molar-refractivity contribution in [2.24, 2.45) is 0 Å². The van der Waals surface area contributed by atoms with Crippen molar-refractivity contribution in [1.29, 1.82) is 0 Å². The molecule has 2 N–H and O–H groups in total. The van der Waals surface area contributed by atoms with Crippen LogP contribution in [0.3, 0.4) is 0 Å². The van der Waals surface area contributed by atoms with Gasteiger partial charge in [0.2, 0.25) is 0 Å². The summed E-state index contributed by atoms with van der Waals surface area (Å²) in [6.45, 7) is 1.54. The second-order valence-electron chi connectivity index (χ2n) is 4.48. The number of likely N-dealkylation sites (N-methyl/N-ethyl adjacent to an activating group) is 1. The fraction of sp³-hybridized carbons (Fsp3) is 0.462. The van der Waals surface area contributed by atoms with Crippen molar-refractivity contribution in [3.05, 3.63) is 29.3 Å². The summed E-state index contributed by atoms with van der Waals surface area (Å²) < 4.78 is 0. The Morgan fingerprint density at radius 1 is 1.42 bits per heavy atom. The molecule has 0 saturated carbocycles. The Bertz CT molecular complexity index is 428. The number of carbonyl (C=O) groups is 1. The largest absolute Gasteiger partial charge is 0.323 e. The minimum atomic E-state index is -0.0805. The van der Waals surface area contributed by atoms with Crippen LogP contribution in [0.2, 0.25) is 5.02 Å². The van der Waals surface area contributed by atoms with E-state index in [4.69, 9.17) is 11.6 Å². The van der Waals surface area contributed by atoms with Crippen molar-refractivity contribution < 1.29 is 4.79 Å². The number of benzene rings is 1. The lowest BCUT2D eigenvalue weighted by molar-refractivity contribution is 0.187.